The normalized spacial score (nSPS) is 11.9. The Morgan fingerprint density at radius 3 is 2.65 bits per heavy atom. The van der Waals surface area contributed by atoms with Gasteiger partial charge in [0.1, 0.15) is 12.6 Å². The fourth-order valence-electron chi connectivity index (χ4n) is 3.69. The molecule has 0 fully saturated rings. The van der Waals surface area contributed by atoms with Gasteiger partial charge < -0.3 is 21.1 Å². The van der Waals surface area contributed by atoms with Crippen molar-refractivity contribution in [1.29, 1.82) is 0 Å². The summed E-state index contributed by atoms with van der Waals surface area (Å²) in [7, 11) is 1.55. The van der Waals surface area contributed by atoms with Crippen molar-refractivity contribution >= 4 is 28.6 Å². The molecule has 0 aliphatic rings. The average Bonchev–Trinajstić information content (AvgIpc) is 3.16. The van der Waals surface area contributed by atoms with Crippen LogP contribution >= 0.6 is 0 Å². The number of amides is 2. The number of nitrogens with two attached hydrogens (primary N) is 1. The molecule has 0 bridgehead atoms. The molecule has 2 heterocycles. The lowest BCUT2D eigenvalue weighted by molar-refractivity contribution is -0.384. The molecule has 1 unspecified atom stereocenters. The van der Waals surface area contributed by atoms with E-state index in [1.54, 1.807) is 29.8 Å². The molecule has 4 rings (SSSR count). The number of nitrogens with zero attached hydrogens (tertiary/aromatic N) is 4. The van der Waals surface area contributed by atoms with Crippen molar-refractivity contribution < 1.29 is 14.5 Å². The van der Waals surface area contributed by atoms with Gasteiger partial charge in [-0.25, -0.2) is 14.3 Å². The number of hydrogen-bond donors (Lipinski definition) is 3. The molecule has 4 aromatic rings. The second kappa shape index (κ2) is 9.65. The number of carbonyl (C=O) groups is 1. The largest absolute Gasteiger partial charge is 0.366 e. The lowest BCUT2D eigenvalue weighted by Gasteiger charge is -2.12. The first kappa shape index (κ1) is 22.8. The summed E-state index contributed by atoms with van der Waals surface area (Å²) < 4.78 is 6.97. The summed E-state index contributed by atoms with van der Waals surface area (Å²) in [5.41, 5.74) is 11.3. The number of benzene rings is 2. The minimum absolute atomic E-state index is 0.105. The van der Waals surface area contributed by atoms with E-state index in [1.165, 1.54) is 24.5 Å². The van der Waals surface area contributed by atoms with Crippen molar-refractivity contribution in [3.63, 3.8) is 0 Å². The van der Waals surface area contributed by atoms with Gasteiger partial charge in [0.15, 0.2) is 0 Å². The quantitative estimate of drug-likeness (QED) is 0.216. The maximum atomic E-state index is 12.3. The lowest BCUT2D eigenvalue weighted by atomic mass is 10.0. The highest BCUT2D eigenvalue weighted by Gasteiger charge is 2.17. The Bertz CT molecular complexity index is 1350. The molecule has 0 aliphatic heterocycles. The summed E-state index contributed by atoms with van der Waals surface area (Å²) in [5, 5.41) is 20.5. The van der Waals surface area contributed by atoms with E-state index in [4.69, 9.17) is 10.5 Å². The molecule has 0 saturated heterocycles. The van der Waals surface area contributed by atoms with Gasteiger partial charge >= 0.3 is 6.03 Å². The summed E-state index contributed by atoms with van der Waals surface area (Å²) in [5.74, 6) is 0. The first-order valence-electron chi connectivity index (χ1n) is 10.4. The number of ether oxygens (including phenoxy) is 1. The first-order chi connectivity index (χ1) is 16.4. The molecule has 174 valence electrons. The Morgan fingerprint density at radius 2 is 1.94 bits per heavy atom. The summed E-state index contributed by atoms with van der Waals surface area (Å²) in [6.07, 6.45) is 3.35. The van der Waals surface area contributed by atoms with E-state index in [9.17, 15) is 14.9 Å². The van der Waals surface area contributed by atoms with Gasteiger partial charge in [0.25, 0.3) is 5.69 Å². The number of nitro benzene ring substituents is 1. The fourth-order valence-corrected chi connectivity index (χ4v) is 3.69. The smallest absolute Gasteiger partial charge is 0.323 e. The van der Waals surface area contributed by atoms with Gasteiger partial charge in [-0.1, -0.05) is 18.2 Å². The zero-order valence-electron chi connectivity index (χ0n) is 18.6. The van der Waals surface area contributed by atoms with Gasteiger partial charge in [-0.15, -0.1) is 0 Å². The molecule has 4 N–H and O–H groups in total. The predicted molar refractivity (Wildman–Crippen MR) is 128 cm³/mol. The van der Waals surface area contributed by atoms with E-state index in [0.29, 0.717) is 17.8 Å². The molecular weight excluding hydrogens is 438 g/mol. The molecule has 2 amide bonds. The van der Waals surface area contributed by atoms with E-state index in [1.807, 2.05) is 25.3 Å². The van der Waals surface area contributed by atoms with Crippen LogP contribution in [-0.4, -0.2) is 38.9 Å². The van der Waals surface area contributed by atoms with Crippen LogP contribution in [0.2, 0.25) is 0 Å². The number of rotatable bonds is 7. The van der Waals surface area contributed by atoms with Crippen LogP contribution in [0.3, 0.4) is 0 Å². The van der Waals surface area contributed by atoms with Crippen molar-refractivity contribution in [2.24, 2.45) is 5.73 Å². The Labute approximate surface area is 194 Å². The molecule has 0 radical (unpaired) electrons. The number of aryl methyl sites for hydroxylation is 1. The maximum Gasteiger partial charge on any atom is 0.323 e. The number of carbonyl (C=O) groups excluding carboxylic acids is 1. The van der Waals surface area contributed by atoms with Crippen molar-refractivity contribution in [2.75, 3.05) is 17.7 Å². The number of nitrogens with one attached hydrogen (secondary N) is 2. The predicted octanol–water partition coefficient (Wildman–Crippen LogP) is 3.73. The SMILES string of the molecule is COC(N)Cc1ncnn2cc(C)c(-c3ccc(NC(=O)Nc4cccc([N+](=O)[O-])c4)cc3)c12. The summed E-state index contributed by atoms with van der Waals surface area (Å²) in [6, 6.07) is 12.5. The number of aromatic nitrogens is 3. The minimum atomic E-state index is -0.519. The van der Waals surface area contributed by atoms with Gasteiger partial charge in [0, 0.05) is 48.8 Å². The van der Waals surface area contributed by atoms with E-state index in [0.717, 1.165) is 27.9 Å². The highest BCUT2D eigenvalue weighted by molar-refractivity contribution is 6.00. The minimum Gasteiger partial charge on any atom is -0.366 e. The van der Waals surface area contributed by atoms with Gasteiger partial charge in [0.2, 0.25) is 0 Å². The third kappa shape index (κ3) is 4.85. The van der Waals surface area contributed by atoms with Crippen LogP contribution in [0, 0.1) is 17.0 Å². The molecule has 11 heteroatoms. The van der Waals surface area contributed by atoms with E-state index < -0.39 is 17.2 Å². The first-order valence-corrected chi connectivity index (χ1v) is 10.4. The maximum absolute atomic E-state index is 12.3. The fraction of sp³-hybridized carbons (Fsp3) is 0.174. The zero-order chi connectivity index (χ0) is 24.2. The van der Waals surface area contributed by atoms with Gasteiger partial charge in [0.05, 0.1) is 16.1 Å². The van der Waals surface area contributed by atoms with Crippen molar-refractivity contribution in [2.45, 2.75) is 19.6 Å². The number of urea groups is 1. The highest BCUT2D eigenvalue weighted by Crippen LogP contribution is 2.32. The molecule has 1 atom stereocenters. The number of hydrogen-bond acceptors (Lipinski definition) is 7. The Morgan fingerprint density at radius 1 is 1.21 bits per heavy atom. The monoisotopic (exact) mass is 461 g/mol. The molecule has 0 saturated carbocycles. The highest BCUT2D eigenvalue weighted by atomic mass is 16.6. The van der Waals surface area contributed by atoms with Crippen LogP contribution in [0.15, 0.2) is 61.1 Å². The average molecular weight is 461 g/mol. The Kier molecular flexibility index (Phi) is 6.48. The topological polar surface area (TPSA) is 150 Å². The zero-order valence-corrected chi connectivity index (χ0v) is 18.6. The van der Waals surface area contributed by atoms with Crippen LogP contribution in [-0.2, 0) is 11.2 Å². The third-order valence-electron chi connectivity index (χ3n) is 5.28. The van der Waals surface area contributed by atoms with E-state index in [2.05, 4.69) is 20.7 Å². The second-order valence-corrected chi connectivity index (χ2v) is 7.63. The van der Waals surface area contributed by atoms with Crippen LogP contribution in [0.25, 0.3) is 16.6 Å². The molecule has 2 aromatic carbocycles. The number of anilines is 2. The second-order valence-electron chi connectivity index (χ2n) is 7.63. The van der Waals surface area contributed by atoms with Crippen molar-refractivity contribution in [3.8, 4) is 11.1 Å². The van der Waals surface area contributed by atoms with Gasteiger partial charge in [-0.05, 0) is 36.2 Å². The number of fused-ring (bicyclic) bond motifs is 1. The number of methoxy groups -OCH3 is 1. The van der Waals surface area contributed by atoms with Gasteiger partial charge in [-0.3, -0.25) is 10.1 Å². The lowest BCUT2D eigenvalue weighted by Crippen LogP contribution is -2.25. The van der Waals surface area contributed by atoms with Crippen LogP contribution in [0.1, 0.15) is 11.3 Å². The third-order valence-corrected chi connectivity index (χ3v) is 5.28. The number of nitro groups is 1. The Balaban J connectivity index is 1.55. The standard InChI is InChI=1S/C23H23N7O4/c1-14-12-29-22(19(25-13-26-29)11-20(24)34-2)21(14)15-6-8-16(9-7-15)27-23(31)28-17-4-3-5-18(10-17)30(32)33/h3-10,12-13,20H,11,24H2,1-2H3,(H2,27,28,31). The summed E-state index contributed by atoms with van der Waals surface area (Å²) in [6.45, 7) is 1.99. The van der Waals surface area contributed by atoms with Gasteiger partial charge in [-0.2, -0.15) is 5.10 Å². The number of non-ortho nitro benzene ring substituents is 1. The van der Waals surface area contributed by atoms with Crippen molar-refractivity contribution in [1.82, 2.24) is 14.6 Å². The molecular formula is C23H23N7O4. The molecule has 34 heavy (non-hydrogen) atoms. The summed E-state index contributed by atoms with van der Waals surface area (Å²) in [4.78, 5) is 27.1. The molecule has 0 spiro atoms. The van der Waals surface area contributed by atoms with Crippen LogP contribution < -0.4 is 16.4 Å². The van der Waals surface area contributed by atoms with Crippen molar-refractivity contribution in [3.05, 3.63) is 82.4 Å². The molecule has 11 nitrogen and oxygen atoms in total. The van der Waals surface area contributed by atoms with Crippen LogP contribution in [0.5, 0.6) is 0 Å². The van der Waals surface area contributed by atoms with Crippen LogP contribution in [0.4, 0.5) is 21.9 Å². The van der Waals surface area contributed by atoms with E-state index in [-0.39, 0.29) is 5.69 Å². The molecule has 0 aliphatic carbocycles. The Hall–Kier alpha value is -4.35. The molecule has 2 aromatic heterocycles. The van der Waals surface area contributed by atoms with E-state index >= 15 is 0 Å². The summed E-state index contributed by atoms with van der Waals surface area (Å²) >= 11 is 0.